The molecule has 100 valence electrons. The third-order valence-corrected chi connectivity index (χ3v) is 3.86. The smallest absolute Gasteiger partial charge is 0.161 e. The molecule has 0 amide bonds. The topological polar surface area (TPSA) is 35.0 Å². The number of ether oxygens (including phenoxy) is 1. The fourth-order valence-corrected chi connectivity index (χ4v) is 2.79. The minimum absolute atomic E-state index is 0.525. The highest BCUT2D eigenvalue weighted by Crippen LogP contribution is 2.30. The van der Waals surface area contributed by atoms with Gasteiger partial charge in [-0.3, -0.25) is 0 Å². The molecule has 0 N–H and O–H groups in total. The van der Waals surface area contributed by atoms with E-state index in [4.69, 9.17) is 16.3 Å². The van der Waals surface area contributed by atoms with Crippen LogP contribution in [0.1, 0.15) is 18.2 Å². The molecule has 0 bridgehead atoms. The number of benzene rings is 1. The summed E-state index contributed by atoms with van der Waals surface area (Å²) in [7, 11) is 1.63. The van der Waals surface area contributed by atoms with Gasteiger partial charge in [0.25, 0.3) is 0 Å². The van der Waals surface area contributed by atoms with Crippen LogP contribution < -0.4 is 4.74 Å². The summed E-state index contributed by atoms with van der Waals surface area (Å²) in [4.78, 5) is 8.88. The number of rotatable bonds is 3. The quantitative estimate of drug-likeness (QED) is 0.774. The van der Waals surface area contributed by atoms with Gasteiger partial charge in [0.05, 0.1) is 11.6 Å². The van der Waals surface area contributed by atoms with E-state index in [2.05, 4.69) is 25.9 Å². The molecule has 0 fully saturated rings. The van der Waals surface area contributed by atoms with E-state index in [0.29, 0.717) is 11.0 Å². The summed E-state index contributed by atoms with van der Waals surface area (Å²) >= 11 is 9.65. The lowest BCUT2D eigenvalue weighted by Crippen LogP contribution is -1.99. The van der Waals surface area contributed by atoms with Crippen LogP contribution >= 0.6 is 27.5 Å². The third-order valence-electron chi connectivity index (χ3n) is 2.93. The van der Waals surface area contributed by atoms with Crippen LogP contribution in [0.3, 0.4) is 0 Å². The maximum atomic E-state index is 6.20. The Morgan fingerprint density at radius 3 is 2.58 bits per heavy atom. The highest BCUT2D eigenvalue weighted by Gasteiger charge is 2.11. The van der Waals surface area contributed by atoms with Gasteiger partial charge in [-0.1, -0.05) is 18.5 Å². The summed E-state index contributed by atoms with van der Waals surface area (Å²) in [6.45, 7) is 4.00. The minimum Gasteiger partial charge on any atom is -0.496 e. The largest absolute Gasteiger partial charge is 0.496 e. The molecule has 19 heavy (non-hydrogen) atoms. The average molecular weight is 342 g/mol. The molecular formula is C14H14BrClN2O. The van der Waals surface area contributed by atoms with E-state index in [0.717, 1.165) is 33.5 Å². The van der Waals surface area contributed by atoms with Crippen LogP contribution in [-0.4, -0.2) is 17.1 Å². The zero-order valence-corrected chi connectivity index (χ0v) is 13.3. The predicted octanol–water partition coefficient (Wildman–Crippen LogP) is 4.44. The number of hydrogen-bond acceptors (Lipinski definition) is 3. The molecule has 1 heterocycles. The van der Waals surface area contributed by atoms with Crippen molar-refractivity contribution in [2.24, 2.45) is 0 Å². The first-order chi connectivity index (χ1) is 9.06. The Hall–Kier alpha value is -1.13. The van der Waals surface area contributed by atoms with Gasteiger partial charge in [-0.05, 0) is 47.5 Å². The Morgan fingerprint density at radius 1 is 1.32 bits per heavy atom. The monoisotopic (exact) mass is 340 g/mol. The molecule has 3 nitrogen and oxygen atoms in total. The van der Waals surface area contributed by atoms with Gasteiger partial charge in [0, 0.05) is 16.8 Å². The minimum atomic E-state index is 0.525. The van der Waals surface area contributed by atoms with E-state index in [1.807, 2.05) is 32.0 Å². The Morgan fingerprint density at radius 2 is 2.05 bits per heavy atom. The van der Waals surface area contributed by atoms with Gasteiger partial charge >= 0.3 is 0 Å². The SMILES string of the molecule is CCc1c(C)nc(-c2ccc(OC)c(Br)c2)nc1Cl. The normalized spacial score (nSPS) is 10.6. The molecule has 0 radical (unpaired) electrons. The first-order valence-corrected chi connectivity index (χ1v) is 7.10. The summed E-state index contributed by atoms with van der Waals surface area (Å²) in [5.41, 5.74) is 2.82. The van der Waals surface area contributed by atoms with Crippen LogP contribution in [0, 0.1) is 6.92 Å². The van der Waals surface area contributed by atoms with Gasteiger partial charge in [-0.25, -0.2) is 9.97 Å². The Balaban J connectivity index is 2.50. The molecule has 2 aromatic rings. The van der Waals surface area contributed by atoms with Gasteiger partial charge in [0.1, 0.15) is 10.9 Å². The van der Waals surface area contributed by atoms with Crippen molar-refractivity contribution >= 4 is 27.5 Å². The van der Waals surface area contributed by atoms with Gasteiger partial charge in [-0.2, -0.15) is 0 Å². The molecule has 2 rings (SSSR count). The Bertz CT molecular complexity index is 593. The van der Waals surface area contributed by atoms with Crippen LogP contribution in [0.2, 0.25) is 5.15 Å². The maximum Gasteiger partial charge on any atom is 0.161 e. The highest BCUT2D eigenvalue weighted by molar-refractivity contribution is 9.10. The summed E-state index contributed by atoms with van der Waals surface area (Å²) in [5, 5.41) is 0.525. The fraction of sp³-hybridized carbons (Fsp3) is 0.286. The fourth-order valence-electron chi connectivity index (χ4n) is 1.90. The first-order valence-electron chi connectivity index (χ1n) is 5.93. The lowest BCUT2D eigenvalue weighted by atomic mass is 10.1. The van der Waals surface area contributed by atoms with Crippen molar-refractivity contribution in [1.82, 2.24) is 9.97 Å². The molecule has 0 aliphatic rings. The molecule has 1 aromatic heterocycles. The van der Waals surface area contributed by atoms with E-state index in [1.165, 1.54) is 0 Å². The van der Waals surface area contributed by atoms with Crippen molar-refractivity contribution < 1.29 is 4.74 Å². The van der Waals surface area contributed by atoms with E-state index in [9.17, 15) is 0 Å². The van der Waals surface area contributed by atoms with Crippen LogP contribution in [-0.2, 0) is 6.42 Å². The van der Waals surface area contributed by atoms with Crippen molar-refractivity contribution in [3.05, 3.63) is 39.1 Å². The maximum absolute atomic E-state index is 6.20. The van der Waals surface area contributed by atoms with Gasteiger partial charge in [0.2, 0.25) is 0 Å². The number of nitrogens with zero attached hydrogens (tertiary/aromatic N) is 2. The molecule has 0 atom stereocenters. The van der Waals surface area contributed by atoms with Crippen molar-refractivity contribution in [1.29, 1.82) is 0 Å². The van der Waals surface area contributed by atoms with Crippen molar-refractivity contribution in [3.8, 4) is 17.1 Å². The number of halogens is 2. The van der Waals surface area contributed by atoms with Gasteiger partial charge < -0.3 is 4.74 Å². The van der Waals surface area contributed by atoms with E-state index < -0.39 is 0 Å². The molecule has 0 aliphatic carbocycles. The molecule has 0 spiro atoms. The predicted molar refractivity (Wildman–Crippen MR) is 80.8 cm³/mol. The van der Waals surface area contributed by atoms with Crippen molar-refractivity contribution in [3.63, 3.8) is 0 Å². The summed E-state index contributed by atoms with van der Waals surface area (Å²) in [5.74, 6) is 1.40. The Labute approximate surface area is 126 Å². The van der Waals surface area contributed by atoms with Crippen LogP contribution in [0.15, 0.2) is 22.7 Å². The average Bonchev–Trinajstić information content (AvgIpc) is 2.38. The second-order valence-corrected chi connectivity index (χ2v) is 5.32. The standard InChI is InChI=1S/C14H14BrClN2O/c1-4-10-8(2)17-14(18-13(10)16)9-5-6-12(19-3)11(15)7-9/h5-7H,4H2,1-3H3. The van der Waals surface area contributed by atoms with Gasteiger partial charge in [0.15, 0.2) is 5.82 Å². The lowest BCUT2D eigenvalue weighted by molar-refractivity contribution is 0.412. The molecule has 0 saturated carbocycles. The molecular weight excluding hydrogens is 328 g/mol. The molecule has 5 heteroatoms. The van der Waals surface area contributed by atoms with Crippen molar-refractivity contribution in [2.75, 3.05) is 7.11 Å². The molecule has 0 unspecified atom stereocenters. The lowest BCUT2D eigenvalue weighted by Gasteiger charge is -2.09. The van der Waals surface area contributed by atoms with Crippen LogP contribution in [0.5, 0.6) is 5.75 Å². The number of hydrogen-bond donors (Lipinski definition) is 0. The molecule has 1 aromatic carbocycles. The summed E-state index contributed by atoms with van der Waals surface area (Å²) in [6.07, 6.45) is 0.831. The zero-order chi connectivity index (χ0) is 14.0. The molecule has 0 aliphatic heterocycles. The third kappa shape index (κ3) is 2.90. The van der Waals surface area contributed by atoms with Crippen molar-refractivity contribution in [2.45, 2.75) is 20.3 Å². The van der Waals surface area contributed by atoms with E-state index >= 15 is 0 Å². The zero-order valence-electron chi connectivity index (χ0n) is 11.0. The number of methoxy groups -OCH3 is 1. The van der Waals surface area contributed by atoms with Gasteiger partial charge in [-0.15, -0.1) is 0 Å². The Kier molecular flexibility index (Phi) is 4.42. The summed E-state index contributed by atoms with van der Waals surface area (Å²) < 4.78 is 6.07. The van der Waals surface area contributed by atoms with Crippen LogP contribution in [0.4, 0.5) is 0 Å². The summed E-state index contributed by atoms with van der Waals surface area (Å²) in [6, 6.07) is 5.72. The molecule has 0 saturated heterocycles. The van der Waals surface area contributed by atoms with E-state index in [1.54, 1.807) is 7.11 Å². The second-order valence-electron chi connectivity index (χ2n) is 4.10. The number of aromatic nitrogens is 2. The second kappa shape index (κ2) is 5.88. The van der Waals surface area contributed by atoms with E-state index in [-0.39, 0.29) is 0 Å². The van der Waals surface area contributed by atoms with Crippen LogP contribution in [0.25, 0.3) is 11.4 Å². The first kappa shape index (κ1) is 14.3. The number of aryl methyl sites for hydroxylation is 1. The highest BCUT2D eigenvalue weighted by atomic mass is 79.9.